The van der Waals surface area contributed by atoms with E-state index in [9.17, 15) is 18.4 Å². The molecule has 0 amide bonds. The number of hydrogen-bond acceptors (Lipinski definition) is 12. The maximum Gasteiger partial charge on any atom is 0.314 e. The van der Waals surface area contributed by atoms with E-state index in [-0.39, 0.29) is 34.9 Å². The Morgan fingerprint density at radius 2 is 1.03 bits per heavy atom. The molecule has 16 nitrogen and oxygen atoms in total. The lowest BCUT2D eigenvalue weighted by molar-refractivity contribution is -0.147. The van der Waals surface area contributed by atoms with E-state index in [1.54, 1.807) is 12.4 Å². The SMILES string of the molecule is Nc1ncc(-c2cnn(C3CCNCC3)c2)cc1OCCc1c(Cl)ccc(F)c1Cl.Nc1ncc(-c2cnn(C3CCNCC3)c2)cc1OCCc1c(Cl)ccc(F)c1Cl.O=C(O)CC(=O)O. The number of nitrogen functional groups attached to an aromatic ring is 2. The molecule has 0 saturated carbocycles. The van der Waals surface area contributed by atoms with Crippen molar-refractivity contribution in [3.63, 3.8) is 0 Å². The molecule has 6 heterocycles. The van der Waals surface area contributed by atoms with Crippen molar-refractivity contribution < 1.29 is 38.1 Å². The van der Waals surface area contributed by atoms with E-state index in [0.29, 0.717) is 57.6 Å². The quantitative estimate of drug-likeness (QED) is 0.0444. The van der Waals surface area contributed by atoms with Gasteiger partial charge in [-0.15, -0.1) is 0 Å². The highest BCUT2D eigenvalue weighted by Gasteiger charge is 2.19. The van der Waals surface area contributed by atoms with Crippen LogP contribution in [0.5, 0.6) is 11.5 Å². The topological polar surface area (TPSA) is 231 Å². The summed E-state index contributed by atoms with van der Waals surface area (Å²) in [6.45, 7) is 4.46. The van der Waals surface area contributed by atoms with Crippen molar-refractivity contribution in [2.45, 2.75) is 57.0 Å². The number of aromatic nitrogens is 6. The highest BCUT2D eigenvalue weighted by Crippen LogP contribution is 2.33. The van der Waals surface area contributed by atoms with Gasteiger partial charge in [-0.2, -0.15) is 10.2 Å². The molecule has 8 rings (SSSR count). The van der Waals surface area contributed by atoms with Crippen LogP contribution in [0.15, 0.2) is 73.6 Å². The predicted molar refractivity (Wildman–Crippen MR) is 253 cm³/mol. The van der Waals surface area contributed by atoms with Crippen LogP contribution in [0.4, 0.5) is 20.4 Å². The molecule has 8 N–H and O–H groups in total. The molecule has 0 radical (unpaired) electrons. The zero-order chi connectivity index (χ0) is 48.0. The molecule has 2 fully saturated rings. The molecule has 0 aliphatic carbocycles. The number of pyridine rings is 2. The largest absolute Gasteiger partial charge is 0.489 e. The molecule has 356 valence electrons. The van der Waals surface area contributed by atoms with Crippen molar-refractivity contribution in [1.82, 2.24) is 40.2 Å². The molecule has 0 atom stereocenters. The number of ether oxygens (including phenoxy) is 2. The molecule has 0 spiro atoms. The van der Waals surface area contributed by atoms with E-state index < -0.39 is 30.0 Å². The smallest absolute Gasteiger partial charge is 0.314 e. The molecular formula is C45H48Cl4F2N10O6. The van der Waals surface area contributed by atoms with Crippen LogP contribution < -0.4 is 31.6 Å². The van der Waals surface area contributed by atoms with Gasteiger partial charge in [0.1, 0.15) is 18.1 Å². The fourth-order valence-electron chi connectivity index (χ4n) is 7.23. The molecule has 22 heteroatoms. The second kappa shape index (κ2) is 24.3. The Hall–Kier alpha value is -5.76. The summed E-state index contributed by atoms with van der Waals surface area (Å²) in [5.74, 6) is -2.19. The number of carboxylic acid groups (broad SMARTS) is 2. The summed E-state index contributed by atoms with van der Waals surface area (Å²) < 4.78 is 43.0. The Kier molecular flexibility index (Phi) is 18.4. The van der Waals surface area contributed by atoms with Gasteiger partial charge in [-0.3, -0.25) is 19.0 Å². The van der Waals surface area contributed by atoms with E-state index in [4.69, 9.17) is 77.6 Å². The third-order valence-corrected chi connectivity index (χ3v) is 12.3. The summed E-state index contributed by atoms with van der Waals surface area (Å²) in [6, 6.07) is 9.91. The number of nitrogens with zero attached hydrogens (tertiary/aromatic N) is 6. The van der Waals surface area contributed by atoms with Gasteiger partial charge in [-0.1, -0.05) is 46.4 Å². The van der Waals surface area contributed by atoms with E-state index >= 15 is 0 Å². The zero-order valence-electron chi connectivity index (χ0n) is 35.9. The summed E-state index contributed by atoms with van der Waals surface area (Å²) in [5, 5.41) is 32.0. The van der Waals surface area contributed by atoms with Crippen LogP contribution in [0, 0.1) is 11.6 Å². The fourth-order valence-corrected chi connectivity index (χ4v) is 8.34. The minimum Gasteiger partial charge on any atom is -0.489 e. The van der Waals surface area contributed by atoms with Gasteiger partial charge in [0.25, 0.3) is 0 Å². The normalized spacial score (nSPS) is 14.1. The monoisotopic (exact) mass is 1000 g/mol. The first-order chi connectivity index (χ1) is 32.2. The summed E-state index contributed by atoms with van der Waals surface area (Å²) in [6.07, 6.45) is 15.2. The first-order valence-corrected chi connectivity index (χ1v) is 22.6. The number of anilines is 2. The van der Waals surface area contributed by atoms with Crippen molar-refractivity contribution in [3.8, 4) is 33.8 Å². The van der Waals surface area contributed by atoms with Gasteiger partial charge in [0.05, 0.1) is 47.7 Å². The molecule has 0 unspecified atom stereocenters. The number of benzene rings is 2. The van der Waals surface area contributed by atoms with Gasteiger partial charge in [0.2, 0.25) is 0 Å². The lowest BCUT2D eigenvalue weighted by atomic mass is 10.1. The van der Waals surface area contributed by atoms with Gasteiger partial charge < -0.3 is 41.8 Å². The molecular weight excluding hydrogens is 956 g/mol. The number of nitrogens with one attached hydrogen (secondary N) is 2. The van der Waals surface area contributed by atoms with Crippen LogP contribution in [0.25, 0.3) is 22.3 Å². The summed E-state index contributed by atoms with van der Waals surface area (Å²) >= 11 is 24.3. The summed E-state index contributed by atoms with van der Waals surface area (Å²) in [4.78, 5) is 27.3. The van der Waals surface area contributed by atoms with E-state index in [2.05, 4.69) is 30.8 Å². The molecule has 4 aromatic heterocycles. The molecule has 2 aliphatic rings. The van der Waals surface area contributed by atoms with Crippen LogP contribution in [0.2, 0.25) is 20.1 Å². The standard InChI is InChI=1S/2C21H22Cl2FN5O.C3H4O4/c2*22-17-1-2-18(24)20(23)16(17)5-8-30-19-9-13(10-27-21(19)25)14-11-28-29(12-14)15-3-6-26-7-4-15;4-2(5)1-3(6)7/h2*1-2,9-12,15,26H,3-8H2,(H2,25,27);1H2,(H,4,5)(H,6,7). The van der Waals surface area contributed by atoms with Crippen molar-refractivity contribution in [2.24, 2.45) is 0 Å². The Morgan fingerprint density at radius 3 is 1.39 bits per heavy atom. The van der Waals surface area contributed by atoms with Crippen LogP contribution in [0.1, 0.15) is 55.3 Å². The number of nitrogens with two attached hydrogens (primary N) is 2. The summed E-state index contributed by atoms with van der Waals surface area (Å²) in [7, 11) is 0. The van der Waals surface area contributed by atoms with Gasteiger partial charge in [-0.05, 0) is 99.4 Å². The minimum atomic E-state index is -1.31. The molecule has 0 bridgehead atoms. The minimum absolute atomic E-state index is 0.0104. The molecule has 2 aliphatic heterocycles. The molecule has 6 aromatic rings. The highest BCUT2D eigenvalue weighted by molar-refractivity contribution is 6.36. The van der Waals surface area contributed by atoms with Crippen LogP contribution >= 0.6 is 46.4 Å². The molecule has 67 heavy (non-hydrogen) atoms. The van der Waals surface area contributed by atoms with Crippen molar-refractivity contribution in [1.29, 1.82) is 0 Å². The van der Waals surface area contributed by atoms with Crippen molar-refractivity contribution in [2.75, 3.05) is 50.9 Å². The van der Waals surface area contributed by atoms with E-state index in [0.717, 1.165) is 74.1 Å². The van der Waals surface area contributed by atoms with Gasteiger partial charge in [-0.25, -0.2) is 18.7 Å². The number of hydrogen-bond donors (Lipinski definition) is 6. The van der Waals surface area contributed by atoms with Crippen LogP contribution in [-0.2, 0) is 22.4 Å². The number of piperidine rings is 2. The van der Waals surface area contributed by atoms with E-state index in [1.807, 2.05) is 46.3 Å². The number of rotatable bonds is 14. The van der Waals surface area contributed by atoms with Crippen molar-refractivity contribution >= 4 is 70.0 Å². The number of aliphatic carboxylic acids is 2. The predicted octanol–water partition coefficient (Wildman–Crippen LogP) is 8.58. The third-order valence-electron chi connectivity index (χ3n) is 10.8. The average molecular weight is 1000 g/mol. The Labute approximate surface area is 404 Å². The maximum absolute atomic E-state index is 13.7. The maximum atomic E-state index is 13.7. The second-order valence-corrected chi connectivity index (χ2v) is 17.0. The van der Waals surface area contributed by atoms with Gasteiger partial charge in [0, 0.05) is 69.9 Å². The van der Waals surface area contributed by atoms with Gasteiger partial charge in [0.15, 0.2) is 23.1 Å². The second-order valence-electron chi connectivity index (χ2n) is 15.4. The first-order valence-electron chi connectivity index (χ1n) is 21.1. The molecule has 2 saturated heterocycles. The average Bonchev–Trinajstić information content (AvgIpc) is 4.02. The highest BCUT2D eigenvalue weighted by atomic mass is 35.5. The van der Waals surface area contributed by atoms with Crippen LogP contribution in [-0.4, -0.2) is 91.1 Å². The zero-order valence-corrected chi connectivity index (χ0v) is 38.9. The first kappa shape index (κ1) is 50.6. The fraction of sp³-hybridized carbons (Fsp3) is 0.333. The number of halogens is 6. The number of carbonyl (C=O) groups is 2. The van der Waals surface area contributed by atoms with Crippen molar-refractivity contribution in [3.05, 3.63) is 116 Å². The third kappa shape index (κ3) is 14.1. The lowest BCUT2D eigenvalue weighted by Gasteiger charge is -2.22. The van der Waals surface area contributed by atoms with E-state index in [1.165, 1.54) is 24.3 Å². The molecule has 2 aromatic carbocycles. The Bertz CT molecular complexity index is 2470. The van der Waals surface area contributed by atoms with Crippen LogP contribution in [0.3, 0.4) is 0 Å². The lowest BCUT2D eigenvalue weighted by Crippen LogP contribution is -2.29. The number of carboxylic acids is 2. The Morgan fingerprint density at radius 1 is 0.642 bits per heavy atom. The summed E-state index contributed by atoms with van der Waals surface area (Å²) in [5.41, 5.74) is 16.6. The Balaban J connectivity index is 0.000000194. The van der Waals surface area contributed by atoms with Gasteiger partial charge >= 0.3 is 11.9 Å².